The van der Waals surface area contributed by atoms with Gasteiger partial charge < -0.3 is 20.2 Å². The monoisotopic (exact) mass is 539 g/mol. The zero-order valence-corrected chi connectivity index (χ0v) is 23.7. The van der Waals surface area contributed by atoms with Crippen LogP contribution in [0, 0.1) is 5.92 Å². The van der Waals surface area contributed by atoms with E-state index in [4.69, 9.17) is 22.1 Å². The van der Waals surface area contributed by atoms with E-state index < -0.39 is 10.0 Å². The van der Waals surface area contributed by atoms with Gasteiger partial charge in [-0.3, -0.25) is 0 Å². The molecule has 0 aromatic heterocycles. The minimum Gasteiger partial charge on any atom is -0.493 e. The van der Waals surface area contributed by atoms with Gasteiger partial charge >= 0.3 is 0 Å². The van der Waals surface area contributed by atoms with Gasteiger partial charge in [-0.25, -0.2) is 13.1 Å². The third-order valence-electron chi connectivity index (χ3n) is 5.41. The Balaban J connectivity index is 0.000000809. The number of nitrogens with two attached hydrogens (primary N) is 1. The van der Waals surface area contributed by atoms with Crippen molar-refractivity contribution in [2.75, 3.05) is 26.7 Å². The van der Waals surface area contributed by atoms with Crippen molar-refractivity contribution in [3.63, 3.8) is 0 Å². The quantitative estimate of drug-likeness (QED) is 0.338. The zero-order chi connectivity index (χ0) is 27.1. The van der Waals surface area contributed by atoms with E-state index in [1.165, 1.54) is 0 Å². The predicted molar refractivity (Wildman–Crippen MR) is 148 cm³/mol. The van der Waals surface area contributed by atoms with Crippen molar-refractivity contribution >= 4 is 27.9 Å². The lowest BCUT2D eigenvalue weighted by Crippen LogP contribution is -2.27. The lowest BCUT2D eigenvalue weighted by Gasteiger charge is -2.19. The van der Waals surface area contributed by atoms with Crippen LogP contribution in [0.3, 0.4) is 0 Å². The number of rotatable bonds is 14. The van der Waals surface area contributed by atoms with Crippen molar-refractivity contribution in [1.29, 1.82) is 0 Å². The number of hydrogen-bond acceptors (Lipinski definition) is 6. The average Bonchev–Trinajstić information content (AvgIpc) is 2.86. The largest absolute Gasteiger partial charge is 0.493 e. The van der Waals surface area contributed by atoms with Gasteiger partial charge in [-0.1, -0.05) is 51.4 Å². The summed E-state index contributed by atoms with van der Waals surface area (Å²) in [6.45, 7) is 10.5. The number of hydrogen-bond donors (Lipinski definition) is 2. The highest BCUT2D eigenvalue weighted by atomic mass is 35.5. The summed E-state index contributed by atoms with van der Waals surface area (Å²) in [5.41, 5.74) is 7.41. The molecule has 202 valence electrons. The standard InChI is InChI=1S/C22H31ClN2O3S.C5H11NO/c1-4-13-24-29(26,27)21-9-6-18(7-10-21)12-14-25(3)17-19-16-20(23)8-11-22(19)28-15-5-2;1-4(2)5(6)3-7/h6-11,16,24H,4-5,12-15,17H2,1-3H3;3-5H,6H2,1-2H3. The van der Waals surface area contributed by atoms with Crippen molar-refractivity contribution in [1.82, 2.24) is 9.62 Å². The minimum absolute atomic E-state index is 0.275. The van der Waals surface area contributed by atoms with E-state index in [9.17, 15) is 13.2 Å². The van der Waals surface area contributed by atoms with Gasteiger partial charge in [0.05, 0.1) is 17.5 Å². The average molecular weight is 540 g/mol. The highest BCUT2D eigenvalue weighted by Crippen LogP contribution is 2.24. The zero-order valence-electron chi connectivity index (χ0n) is 22.2. The first-order valence-corrected chi connectivity index (χ1v) is 14.3. The molecule has 0 aliphatic rings. The highest BCUT2D eigenvalue weighted by molar-refractivity contribution is 7.89. The molecule has 7 nitrogen and oxygen atoms in total. The maximum absolute atomic E-state index is 12.2. The smallest absolute Gasteiger partial charge is 0.240 e. The number of ether oxygens (including phenoxy) is 1. The molecule has 2 aromatic carbocycles. The summed E-state index contributed by atoms with van der Waals surface area (Å²) in [5.74, 6) is 1.15. The molecule has 1 unspecified atom stereocenters. The summed E-state index contributed by atoms with van der Waals surface area (Å²) in [4.78, 5) is 12.3. The van der Waals surface area contributed by atoms with Crippen molar-refractivity contribution in [2.24, 2.45) is 11.7 Å². The van der Waals surface area contributed by atoms with E-state index in [-0.39, 0.29) is 12.0 Å². The molecule has 0 spiro atoms. The molecule has 2 rings (SSSR count). The Morgan fingerprint density at radius 1 is 1.11 bits per heavy atom. The van der Waals surface area contributed by atoms with E-state index >= 15 is 0 Å². The summed E-state index contributed by atoms with van der Waals surface area (Å²) in [6, 6.07) is 12.5. The number of aldehydes is 1. The summed E-state index contributed by atoms with van der Waals surface area (Å²) in [6.07, 6.45) is 3.31. The number of carbonyl (C=O) groups is 1. The van der Waals surface area contributed by atoms with Crippen molar-refractivity contribution in [3.05, 3.63) is 58.6 Å². The van der Waals surface area contributed by atoms with Crippen LogP contribution < -0.4 is 15.2 Å². The number of carbonyl (C=O) groups excluding carboxylic acids is 1. The van der Waals surface area contributed by atoms with Gasteiger partial charge in [0.1, 0.15) is 12.0 Å². The highest BCUT2D eigenvalue weighted by Gasteiger charge is 2.13. The predicted octanol–water partition coefficient (Wildman–Crippen LogP) is 4.66. The summed E-state index contributed by atoms with van der Waals surface area (Å²) in [5, 5.41) is 0.700. The maximum atomic E-state index is 12.2. The third-order valence-corrected chi connectivity index (χ3v) is 7.12. The van der Waals surface area contributed by atoms with Crippen LogP contribution >= 0.6 is 11.6 Å². The van der Waals surface area contributed by atoms with Crippen molar-refractivity contribution in [3.8, 4) is 5.75 Å². The van der Waals surface area contributed by atoms with Crippen LogP contribution in [-0.4, -0.2) is 52.4 Å². The lowest BCUT2D eigenvalue weighted by molar-refractivity contribution is -0.109. The fraction of sp³-hybridized carbons (Fsp3) is 0.519. The van der Waals surface area contributed by atoms with Crippen LogP contribution in [0.4, 0.5) is 0 Å². The molecule has 0 aliphatic carbocycles. The second-order valence-corrected chi connectivity index (χ2v) is 11.3. The molecule has 9 heteroatoms. The molecule has 0 aliphatic heterocycles. The van der Waals surface area contributed by atoms with Gasteiger partial charge in [-0.2, -0.15) is 0 Å². The second-order valence-electron chi connectivity index (χ2n) is 9.09. The van der Waals surface area contributed by atoms with E-state index in [1.54, 1.807) is 12.1 Å². The van der Waals surface area contributed by atoms with Gasteiger partial charge in [0.25, 0.3) is 0 Å². The number of sulfonamides is 1. The Bertz CT molecular complexity index is 1010. The molecule has 0 saturated carbocycles. The molecular weight excluding hydrogens is 498 g/mol. The normalized spacial score (nSPS) is 12.2. The molecule has 36 heavy (non-hydrogen) atoms. The SMILES string of the molecule is CC(C)C(N)C=O.CCCNS(=O)(=O)c1ccc(CCN(C)Cc2cc(Cl)ccc2OCCC)cc1. The first-order valence-electron chi connectivity index (χ1n) is 12.4. The second kappa shape index (κ2) is 16.7. The fourth-order valence-corrected chi connectivity index (χ4v) is 4.36. The number of likely N-dealkylation sites (N-methyl/N-ethyl adjacent to an activating group) is 1. The summed E-state index contributed by atoms with van der Waals surface area (Å²) < 4.78 is 32.7. The fourth-order valence-electron chi connectivity index (χ4n) is 3.03. The Kier molecular flexibility index (Phi) is 14.9. The molecule has 0 heterocycles. The summed E-state index contributed by atoms with van der Waals surface area (Å²) in [7, 11) is -1.36. The lowest BCUT2D eigenvalue weighted by atomic mass is 10.1. The van der Waals surface area contributed by atoms with E-state index in [0.29, 0.717) is 23.1 Å². The third kappa shape index (κ3) is 11.8. The Morgan fingerprint density at radius 3 is 2.31 bits per heavy atom. The van der Waals surface area contributed by atoms with Crippen molar-refractivity contribution < 1.29 is 17.9 Å². The van der Waals surface area contributed by atoms with Crippen LogP contribution in [-0.2, 0) is 27.8 Å². The van der Waals surface area contributed by atoms with E-state index in [2.05, 4.69) is 23.6 Å². The first-order chi connectivity index (χ1) is 17.0. The van der Waals surface area contributed by atoms with Crippen LogP contribution in [0.15, 0.2) is 47.4 Å². The number of benzene rings is 2. The minimum atomic E-state index is -3.41. The molecule has 0 radical (unpaired) electrons. The maximum Gasteiger partial charge on any atom is 0.240 e. The van der Waals surface area contributed by atoms with Gasteiger partial charge in [0, 0.05) is 30.2 Å². The Morgan fingerprint density at radius 2 is 1.78 bits per heavy atom. The number of nitrogens with one attached hydrogen (secondary N) is 1. The van der Waals surface area contributed by atoms with Gasteiger partial charge in [0.15, 0.2) is 0 Å². The first kappa shape index (κ1) is 32.1. The molecule has 0 bridgehead atoms. The number of halogens is 1. The summed E-state index contributed by atoms with van der Waals surface area (Å²) >= 11 is 6.16. The van der Waals surface area contributed by atoms with Crippen LogP contribution in [0.1, 0.15) is 51.7 Å². The van der Waals surface area contributed by atoms with Gasteiger partial charge in [0.2, 0.25) is 10.0 Å². The van der Waals surface area contributed by atoms with Crippen LogP contribution in [0.5, 0.6) is 5.75 Å². The molecule has 0 fully saturated rings. The molecule has 0 saturated heterocycles. The molecule has 3 N–H and O–H groups in total. The number of nitrogens with zero attached hydrogens (tertiary/aromatic N) is 1. The topological polar surface area (TPSA) is 102 Å². The Hall–Kier alpha value is -1.97. The van der Waals surface area contributed by atoms with Crippen molar-refractivity contribution in [2.45, 2.75) is 64.4 Å². The van der Waals surface area contributed by atoms with E-state index in [0.717, 1.165) is 55.5 Å². The van der Waals surface area contributed by atoms with Gasteiger partial charge in [-0.15, -0.1) is 0 Å². The van der Waals surface area contributed by atoms with E-state index in [1.807, 2.05) is 51.1 Å². The molecule has 1 atom stereocenters. The van der Waals surface area contributed by atoms with Crippen LogP contribution in [0.2, 0.25) is 5.02 Å². The van der Waals surface area contributed by atoms with Crippen LogP contribution in [0.25, 0.3) is 0 Å². The molecule has 0 amide bonds. The molecule has 2 aromatic rings. The van der Waals surface area contributed by atoms with Gasteiger partial charge in [-0.05, 0) is 68.1 Å². The Labute approximate surface area is 222 Å². The molecular formula is C27H42ClN3O4S.